The first-order chi connectivity index (χ1) is 7.73. The van der Waals surface area contributed by atoms with E-state index in [1.54, 1.807) is 0 Å². The Morgan fingerprint density at radius 2 is 2.25 bits per heavy atom. The van der Waals surface area contributed by atoms with Crippen molar-refractivity contribution in [3.8, 4) is 0 Å². The fourth-order valence-corrected chi connectivity index (χ4v) is 2.42. The summed E-state index contributed by atoms with van der Waals surface area (Å²) in [7, 11) is 0. The van der Waals surface area contributed by atoms with E-state index in [2.05, 4.69) is 12.2 Å². The highest BCUT2D eigenvalue weighted by atomic mass is 16.5. The minimum absolute atomic E-state index is 0.160. The van der Waals surface area contributed by atoms with E-state index in [0.29, 0.717) is 5.91 Å². The Morgan fingerprint density at radius 1 is 1.50 bits per heavy atom. The summed E-state index contributed by atoms with van der Waals surface area (Å²) in [6.07, 6.45) is 4.21. The summed E-state index contributed by atoms with van der Waals surface area (Å²) in [5.74, 6) is 0.316. The lowest BCUT2D eigenvalue weighted by atomic mass is 10.2. The number of carbonyl (C=O) groups is 1. The van der Waals surface area contributed by atoms with Crippen molar-refractivity contribution in [1.82, 2.24) is 10.2 Å². The molecule has 1 aliphatic carbocycles. The van der Waals surface area contributed by atoms with Crippen LogP contribution in [0.25, 0.3) is 0 Å². The maximum atomic E-state index is 12.1. The predicted octanol–water partition coefficient (Wildman–Crippen LogP) is 1.11. The van der Waals surface area contributed by atoms with E-state index in [9.17, 15) is 4.79 Å². The third kappa shape index (κ3) is 2.09. The molecule has 2 rings (SSSR count). The lowest BCUT2D eigenvalue weighted by Crippen LogP contribution is -2.37. The highest BCUT2D eigenvalue weighted by Gasteiger charge is 2.58. The van der Waals surface area contributed by atoms with E-state index in [0.717, 1.165) is 45.4 Å². The van der Waals surface area contributed by atoms with Gasteiger partial charge in [0.05, 0.1) is 11.7 Å². The van der Waals surface area contributed by atoms with Gasteiger partial charge in [-0.1, -0.05) is 6.92 Å². The zero-order valence-electron chi connectivity index (χ0n) is 10.3. The Morgan fingerprint density at radius 3 is 2.81 bits per heavy atom. The minimum atomic E-state index is -0.160. The van der Waals surface area contributed by atoms with Gasteiger partial charge < -0.3 is 9.64 Å². The summed E-state index contributed by atoms with van der Waals surface area (Å²) in [5, 5.41) is 3.47. The van der Waals surface area contributed by atoms with Gasteiger partial charge in [-0.25, -0.2) is 0 Å². The van der Waals surface area contributed by atoms with Crippen molar-refractivity contribution >= 4 is 5.91 Å². The van der Waals surface area contributed by atoms with Crippen molar-refractivity contribution in [2.75, 3.05) is 19.8 Å². The smallest absolute Gasteiger partial charge is 0.244 e. The molecule has 92 valence electrons. The molecule has 1 spiro atoms. The van der Waals surface area contributed by atoms with Crippen LogP contribution in [0, 0.1) is 0 Å². The zero-order valence-corrected chi connectivity index (χ0v) is 10.3. The van der Waals surface area contributed by atoms with Gasteiger partial charge >= 0.3 is 0 Å². The number of carbonyl (C=O) groups excluding carboxylic acids is 1. The molecular formula is C12H22N2O2. The van der Waals surface area contributed by atoms with Crippen molar-refractivity contribution < 1.29 is 9.53 Å². The van der Waals surface area contributed by atoms with Gasteiger partial charge in [-0.3, -0.25) is 10.1 Å². The summed E-state index contributed by atoms with van der Waals surface area (Å²) >= 11 is 0. The molecule has 4 nitrogen and oxygen atoms in total. The van der Waals surface area contributed by atoms with Gasteiger partial charge in [0, 0.05) is 19.8 Å². The number of nitrogens with zero attached hydrogens (tertiary/aromatic N) is 1. The number of hydrogen-bond donors (Lipinski definition) is 1. The SMILES string of the molecule is CCOCCCN1C(=O)C2(CC2)NC1CC. The van der Waals surface area contributed by atoms with Crippen LogP contribution in [0.2, 0.25) is 0 Å². The molecule has 0 aromatic heterocycles. The average Bonchev–Trinajstić information content (AvgIpc) is 3.01. The van der Waals surface area contributed by atoms with Crippen LogP contribution in [0.3, 0.4) is 0 Å². The maximum Gasteiger partial charge on any atom is 0.244 e. The van der Waals surface area contributed by atoms with Crippen molar-refractivity contribution in [3.05, 3.63) is 0 Å². The first-order valence-electron chi connectivity index (χ1n) is 6.40. The van der Waals surface area contributed by atoms with Crippen LogP contribution in [-0.2, 0) is 9.53 Å². The minimum Gasteiger partial charge on any atom is -0.382 e. The molecule has 16 heavy (non-hydrogen) atoms. The van der Waals surface area contributed by atoms with Gasteiger partial charge in [-0.05, 0) is 32.6 Å². The van der Waals surface area contributed by atoms with Crippen LogP contribution in [0.5, 0.6) is 0 Å². The zero-order chi connectivity index (χ0) is 11.6. The molecule has 1 N–H and O–H groups in total. The molecule has 0 bridgehead atoms. The molecule has 1 saturated carbocycles. The van der Waals surface area contributed by atoms with E-state index < -0.39 is 0 Å². The van der Waals surface area contributed by atoms with E-state index in [4.69, 9.17) is 4.74 Å². The normalized spacial score (nSPS) is 26.8. The van der Waals surface area contributed by atoms with Crippen LogP contribution >= 0.6 is 0 Å². The van der Waals surface area contributed by atoms with Crippen LogP contribution in [0.15, 0.2) is 0 Å². The molecule has 1 atom stereocenters. The lowest BCUT2D eigenvalue weighted by Gasteiger charge is -2.22. The first-order valence-corrected chi connectivity index (χ1v) is 6.40. The average molecular weight is 226 g/mol. The second kappa shape index (κ2) is 4.72. The molecule has 0 aromatic rings. The molecule has 1 unspecified atom stereocenters. The molecule has 1 amide bonds. The summed E-state index contributed by atoms with van der Waals surface area (Å²) < 4.78 is 5.31. The number of ether oxygens (including phenoxy) is 1. The van der Waals surface area contributed by atoms with Gasteiger partial charge in [-0.2, -0.15) is 0 Å². The standard InChI is InChI=1S/C12H22N2O2/c1-3-10-13-12(6-7-12)11(15)14(10)8-5-9-16-4-2/h10,13H,3-9H2,1-2H3. The molecule has 1 saturated heterocycles. The number of nitrogens with one attached hydrogen (secondary N) is 1. The second-order valence-corrected chi connectivity index (χ2v) is 4.70. The molecule has 1 heterocycles. The summed E-state index contributed by atoms with van der Waals surface area (Å²) in [6.45, 7) is 6.46. The van der Waals surface area contributed by atoms with E-state index in [1.807, 2.05) is 11.8 Å². The van der Waals surface area contributed by atoms with E-state index in [-0.39, 0.29) is 11.7 Å². The largest absolute Gasteiger partial charge is 0.382 e. The third-order valence-corrected chi connectivity index (χ3v) is 3.52. The van der Waals surface area contributed by atoms with Crippen molar-refractivity contribution in [2.45, 2.75) is 51.2 Å². The number of hydrogen-bond acceptors (Lipinski definition) is 3. The Bertz CT molecular complexity index is 264. The molecule has 0 radical (unpaired) electrons. The summed E-state index contributed by atoms with van der Waals surface area (Å²) in [4.78, 5) is 14.2. The van der Waals surface area contributed by atoms with Gasteiger partial charge in [0.25, 0.3) is 0 Å². The lowest BCUT2D eigenvalue weighted by molar-refractivity contribution is -0.131. The summed E-state index contributed by atoms with van der Waals surface area (Å²) in [5.41, 5.74) is -0.160. The maximum absolute atomic E-state index is 12.1. The molecule has 4 heteroatoms. The highest BCUT2D eigenvalue weighted by Crippen LogP contribution is 2.42. The molecular weight excluding hydrogens is 204 g/mol. The van der Waals surface area contributed by atoms with Gasteiger partial charge in [0.15, 0.2) is 0 Å². The van der Waals surface area contributed by atoms with Crippen LogP contribution in [-0.4, -0.2) is 42.3 Å². The van der Waals surface area contributed by atoms with E-state index >= 15 is 0 Å². The quantitative estimate of drug-likeness (QED) is 0.690. The van der Waals surface area contributed by atoms with Gasteiger partial charge in [0.1, 0.15) is 0 Å². The molecule has 0 aromatic carbocycles. The fourth-order valence-electron chi connectivity index (χ4n) is 2.42. The Hall–Kier alpha value is -0.610. The highest BCUT2D eigenvalue weighted by molar-refractivity contribution is 5.91. The third-order valence-electron chi connectivity index (χ3n) is 3.52. The topological polar surface area (TPSA) is 41.6 Å². The fraction of sp³-hybridized carbons (Fsp3) is 0.917. The Labute approximate surface area is 97.3 Å². The van der Waals surface area contributed by atoms with Gasteiger partial charge in [-0.15, -0.1) is 0 Å². The molecule has 1 aliphatic heterocycles. The molecule has 2 aliphatic rings. The number of amides is 1. The van der Waals surface area contributed by atoms with Gasteiger partial charge in [0.2, 0.25) is 5.91 Å². The first kappa shape index (κ1) is 11.9. The monoisotopic (exact) mass is 226 g/mol. The number of rotatable bonds is 6. The van der Waals surface area contributed by atoms with Crippen LogP contribution < -0.4 is 5.32 Å². The second-order valence-electron chi connectivity index (χ2n) is 4.70. The Balaban J connectivity index is 1.84. The van der Waals surface area contributed by atoms with Crippen molar-refractivity contribution in [3.63, 3.8) is 0 Å². The van der Waals surface area contributed by atoms with Crippen molar-refractivity contribution in [1.29, 1.82) is 0 Å². The molecule has 2 fully saturated rings. The predicted molar refractivity (Wildman–Crippen MR) is 62.0 cm³/mol. The Kier molecular flexibility index (Phi) is 3.50. The van der Waals surface area contributed by atoms with Crippen LogP contribution in [0.1, 0.15) is 39.5 Å². The van der Waals surface area contributed by atoms with E-state index in [1.165, 1.54) is 0 Å². The van der Waals surface area contributed by atoms with Crippen LogP contribution in [0.4, 0.5) is 0 Å². The van der Waals surface area contributed by atoms with Crippen molar-refractivity contribution in [2.24, 2.45) is 0 Å². The summed E-state index contributed by atoms with van der Waals surface area (Å²) in [6, 6.07) is 0.